The van der Waals surface area contributed by atoms with Crippen molar-refractivity contribution in [3.05, 3.63) is 30.1 Å². The van der Waals surface area contributed by atoms with Crippen LogP contribution in [0.5, 0.6) is 0 Å². The third-order valence-corrected chi connectivity index (χ3v) is 3.59. The summed E-state index contributed by atoms with van der Waals surface area (Å²) in [4.78, 5) is 29.9. The second-order valence-electron chi connectivity index (χ2n) is 5.47. The smallest absolute Gasteiger partial charge is 0.310 e. The first-order chi connectivity index (χ1) is 10.6. The van der Waals surface area contributed by atoms with Gasteiger partial charge in [-0.25, -0.2) is 0 Å². The molecule has 1 atom stereocenters. The van der Waals surface area contributed by atoms with Crippen LogP contribution in [0.25, 0.3) is 0 Å². The predicted octanol–water partition coefficient (Wildman–Crippen LogP) is 2.91. The van der Waals surface area contributed by atoms with Crippen LogP contribution in [0, 0.1) is 5.92 Å². The highest BCUT2D eigenvalue weighted by atomic mass is 16.5. The standard InChI is InChI=1S/C17H26N2O3/c1-4-5-6-7-12-19(13-14(2)17(21)22-3)16(20)15-8-10-18-11-9-15/h8-11,14H,4-7,12-13H2,1-3H3. The number of pyridine rings is 1. The van der Waals surface area contributed by atoms with Crippen LogP contribution in [0.1, 0.15) is 49.9 Å². The molecule has 1 heterocycles. The Hall–Kier alpha value is -1.91. The summed E-state index contributed by atoms with van der Waals surface area (Å²) in [6.45, 7) is 4.96. The van der Waals surface area contributed by atoms with E-state index in [1.165, 1.54) is 7.11 Å². The number of carbonyl (C=O) groups is 2. The van der Waals surface area contributed by atoms with Crippen LogP contribution in [0.3, 0.4) is 0 Å². The maximum Gasteiger partial charge on any atom is 0.310 e. The normalized spacial score (nSPS) is 11.8. The fourth-order valence-electron chi connectivity index (χ4n) is 2.29. The van der Waals surface area contributed by atoms with Crippen molar-refractivity contribution in [1.82, 2.24) is 9.88 Å². The van der Waals surface area contributed by atoms with E-state index < -0.39 is 0 Å². The van der Waals surface area contributed by atoms with E-state index in [1.54, 1.807) is 36.4 Å². The van der Waals surface area contributed by atoms with Crippen molar-refractivity contribution in [3.8, 4) is 0 Å². The minimum atomic E-state index is -0.332. The van der Waals surface area contributed by atoms with Gasteiger partial charge in [0.25, 0.3) is 5.91 Å². The number of hydrogen-bond donors (Lipinski definition) is 0. The van der Waals surface area contributed by atoms with Crippen molar-refractivity contribution in [2.75, 3.05) is 20.2 Å². The molecule has 0 aromatic carbocycles. The lowest BCUT2D eigenvalue weighted by Crippen LogP contribution is -2.38. The Morgan fingerprint density at radius 1 is 1.23 bits per heavy atom. The van der Waals surface area contributed by atoms with Gasteiger partial charge in [-0.1, -0.05) is 33.1 Å². The van der Waals surface area contributed by atoms with Crippen LogP contribution in [0.4, 0.5) is 0 Å². The van der Waals surface area contributed by atoms with Gasteiger partial charge in [-0.05, 0) is 18.6 Å². The number of unbranched alkanes of at least 4 members (excludes halogenated alkanes) is 3. The Labute approximate surface area is 132 Å². The Balaban J connectivity index is 2.72. The predicted molar refractivity (Wildman–Crippen MR) is 85.5 cm³/mol. The zero-order chi connectivity index (χ0) is 16.4. The summed E-state index contributed by atoms with van der Waals surface area (Å²) in [5, 5.41) is 0. The molecule has 0 N–H and O–H groups in total. The first-order valence-electron chi connectivity index (χ1n) is 7.87. The fraction of sp³-hybridized carbons (Fsp3) is 0.588. The molecule has 0 aliphatic heterocycles. The van der Waals surface area contributed by atoms with E-state index in [4.69, 9.17) is 4.74 Å². The number of methoxy groups -OCH3 is 1. The second kappa shape index (κ2) is 9.92. The lowest BCUT2D eigenvalue weighted by molar-refractivity contribution is -0.145. The Bertz CT molecular complexity index is 462. The quantitative estimate of drug-likeness (QED) is 0.520. The largest absolute Gasteiger partial charge is 0.469 e. The van der Waals surface area contributed by atoms with E-state index in [2.05, 4.69) is 11.9 Å². The number of aromatic nitrogens is 1. The highest BCUT2D eigenvalue weighted by Crippen LogP contribution is 2.11. The van der Waals surface area contributed by atoms with Gasteiger partial charge in [-0.15, -0.1) is 0 Å². The van der Waals surface area contributed by atoms with Crippen molar-refractivity contribution in [3.63, 3.8) is 0 Å². The minimum absolute atomic E-state index is 0.0605. The van der Waals surface area contributed by atoms with Crippen LogP contribution >= 0.6 is 0 Å². The average molecular weight is 306 g/mol. The summed E-state index contributed by atoms with van der Waals surface area (Å²) in [6.07, 6.45) is 7.54. The SMILES string of the molecule is CCCCCCN(CC(C)C(=O)OC)C(=O)c1ccncc1. The second-order valence-corrected chi connectivity index (χ2v) is 5.47. The summed E-state index contributed by atoms with van der Waals surface area (Å²) in [6, 6.07) is 3.40. The number of ether oxygens (including phenoxy) is 1. The van der Waals surface area contributed by atoms with Crippen molar-refractivity contribution < 1.29 is 14.3 Å². The molecule has 0 bridgehead atoms. The third kappa shape index (κ3) is 5.84. The van der Waals surface area contributed by atoms with Gasteiger partial charge in [0.05, 0.1) is 13.0 Å². The molecule has 0 aliphatic rings. The summed E-state index contributed by atoms with van der Waals surface area (Å²) in [5.41, 5.74) is 0.600. The fourth-order valence-corrected chi connectivity index (χ4v) is 2.29. The van der Waals surface area contributed by atoms with Crippen LogP contribution < -0.4 is 0 Å². The molecule has 122 valence electrons. The zero-order valence-corrected chi connectivity index (χ0v) is 13.7. The summed E-state index contributed by atoms with van der Waals surface area (Å²) < 4.78 is 4.75. The lowest BCUT2D eigenvalue weighted by Gasteiger charge is -2.25. The van der Waals surface area contributed by atoms with Crippen LogP contribution in [-0.4, -0.2) is 42.0 Å². The molecule has 0 saturated heterocycles. The first kappa shape index (κ1) is 18.1. The molecule has 5 nitrogen and oxygen atoms in total. The number of nitrogens with zero attached hydrogens (tertiary/aromatic N) is 2. The molecule has 1 rings (SSSR count). The molecular weight excluding hydrogens is 280 g/mol. The van der Waals surface area contributed by atoms with Gasteiger partial charge >= 0.3 is 5.97 Å². The number of amides is 1. The highest BCUT2D eigenvalue weighted by molar-refractivity contribution is 5.94. The molecule has 0 spiro atoms. The van der Waals surface area contributed by atoms with Gasteiger partial charge in [0, 0.05) is 31.0 Å². The lowest BCUT2D eigenvalue weighted by atomic mass is 10.1. The van der Waals surface area contributed by atoms with Crippen molar-refractivity contribution in [2.45, 2.75) is 39.5 Å². The molecule has 22 heavy (non-hydrogen) atoms. The van der Waals surface area contributed by atoms with Crippen LogP contribution in [0.15, 0.2) is 24.5 Å². The summed E-state index contributed by atoms with van der Waals surface area (Å²) in [5.74, 6) is -0.683. The van der Waals surface area contributed by atoms with Gasteiger partial charge in [0.1, 0.15) is 0 Å². The third-order valence-electron chi connectivity index (χ3n) is 3.59. The van der Waals surface area contributed by atoms with Gasteiger partial charge in [-0.2, -0.15) is 0 Å². The first-order valence-corrected chi connectivity index (χ1v) is 7.87. The van der Waals surface area contributed by atoms with Gasteiger partial charge < -0.3 is 9.64 Å². The molecule has 5 heteroatoms. The monoisotopic (exact) mass is 306 g/mol. The minimum Gasteiger partial charge on any atom is -0.469 e. The number of carbonyl (C=O) groups excluding carboxylic acids is 2. The molecule has 1 aromatic heterocycles. The molecular formula is C17H26N2O3. The number of hydrogen-bond acceptors (Lipinski definition) is 4. The maximum absolute atomic E-state index is 12.6. The van der Waals surface area contributed by atoms with Gasteiger partial charge in [0.15, 0.2) is 0 Å². The van der Waals surface area contributed by atoms with Gasteiger partial charge in [-0.3, -0.25) is 14.6 Å². The Morgan fingerprint density at radius 3 is 2.50 bits per heavy atom. The number of rotatable bonds is 9. The van der Waals surface area contributed by atoms with E-state index in [0.29, 0.717) is 18.7 Å². The molecule has 0 radical (unpaired) electrons. The van der Waals surface area contributed by atoms with Crippen molar-refractivity contribution in [2.24, 2.45) is 5.92 Å². The van der Waals surface area contributed by atoms with E-state index in [-0.39, 0.29) is 17.8 Å². The average Bonchev–Trinajstić information content (AvgIpc) is 2.56. The molecule has 1 amide bonds. The summed E-state index contributed by atoms with van der Waals surface area (Å²) >= 11 is 0. The highest BCUT2D eigenvalue weighted by Gasteiger charge is 2.22. The maximum atomic E-state index is 12.6. The number of esters is 1. The summed E-state index contributed by atoms with van der Waals surface area (Å²) in [7, 11) is 1.37. The van der Waals surface area contributed by atoms with E-state index in [1.807, 2.05) is 0 Å². The van der Waals surface area contributed by atoms with Crippen molar-refractivity contribution in [1.29, 1.82) is 0 Å². The zero-order valence-electron chi connectivity index (χ0n) is 13.7. The topological polar surface area (TPSA) is 59.5 Å². The Kier molecular flexibility index (Phi) is 8.18. The van der Waals surface area contributed by atoms with Crippen LogP contribution in [0.2, 0.25) is 0 Å². The van der Waals surface area contributed by atoms with E-state index in [9.17, 15) is 9.59 Å². The Morgan fingerprint density at radius 2 is 1.91 bits per heavy atom. The van der Waals surface area contributed by atoms with E-state index >= 15 is 0 Å². The molecule has 1 unspecified atom stereocenters. The molecule has 0 fully saturated rings. The molecule has 0 saturated carbocycles. The molecule has 1 aromatic rings. The van der Waals surface area contributed by atoms with Crippen molar-refractivity contribution >= 4 is 11.9 Å². The van der Waals surface area contributed by atoms with Gasteiger partial charge in [0.2, 0.25) is 0 Å². The van der Waals surface area contributed by atoms with E-state index in [0.717, 1.165) is 25.7 Å². The molecule has 0 aliphatic carbocycles. The van der Waals surface area contributed by atoms with Crippen LogP contribution in [-0.2, 0) is 9.53 Å².